The van der Waals surface area contributed by atoms with E-state index in [1.807, 2.05) is 0 Å². The van der Waals surface area contributed by atoms with Crippen molar-refractivity contribution in [2.75, 3.05) is 11.5 Å². The number of aliphatic carboxylic acids is 1. The molecule has 6 nitrogen and oxygen atoms in total. The molecule has 0 aliphatic carbocycles. The number of carboxylic acid groups (broad SMARTS) is 1. The molecule has 0 bridgehead atoms. The van der Waals surface area contributed by atoms with E-state index >= 15 is 0 Å². The summed E-state index contributed by atoms with van der Waals surface area (Å²) >= 11 is 7.13. The summed E-state index contributed by atoms with van der Waals surface area (Å²) in [6.45, 7) is 0. The molecule has 19 heavy (non-hydrogen) atoms. The Balaban J connectivity index is 2.36. The molecule has 1 saturated heterocycles. The summed E-state index contributed by atoms with van der Waals surface area (Å²) in [4.78, 5) is 14.8. The number of carbonyl (C=O) groups is 1. The van der Waals surface area contributed by atoms with E-state index in [1.165, 1.54) is 30.1 Å². The van der Waals surface area contributed by atoms with Gasteiger partial charge in [0.25, 0.3) is 0 Å². The van der Waals surface area contributed by atoms with E-state index in [0.717, 1.165) is 0 Å². The van der Waals surface area contributed by atoms with Crippen LogP contribution >= 0.6 is 23.4 Å². The van der Waals surface area contributed by atoms with Crippen molar-refractivity contribution in [2.24, 2.45) is 0 Å². The summed E-state index contributed by atoms with van der Waals surface area (Å²) in [6, 6.07) is 2.71. The van der Waals surface area contributed by atoms with Crippen LogP contribution in [0.3, 0.4) is 0 Å². The topological polar surface area (TPSA) is 96.4 Å². The summed E-state index contributed by atoms with van der Waals surface area (Å²) in [7, 11) is -4.02. The quantitative estimate of drug-likeness (QED) is 0.802. The van der Waals surface area contributed by atoms with Crippen LogP contribution in [0.15, 0.2) is 23.2 Å². The van der Waals surface area contributed by atoms with Gasteiger partial charge in [0, 0.05) is 11.9 Å². The van der Waals surface area contributed by atoms with Crippen molar-refractivity contribution in [2.45, 2.75) is 16.9 Å². The molecule has 2 heterocycles. The van der Waals surface area contributed by atoms with Gasteiger partial charge in [-0.1, -0.05) is 11.6 Å². The number of nitrogens with one attached hydrogen (secondary N) is 1. The Kier molecular flexibility index (Phi) is 4.05. The van der Waals surface area contributed by atoms with E-state index in [-0.39, 0.29) is 22.2 Å². The predicted molar refractivity (Wildman–Crippen MR) is 71.9 cm³/mol. The lowest BCUT2D eigenvalue weighted by atomic mass is 10.0. The Bertz CT molecular complexity index is 599. The van der Waals surface area contributed by atoms with E-state index in [9.17, 15) is 18.3 Å². The lowest BCUT2D eigenvalue weighted by molar-refractivity contribution is -0.142. The summed E-state index contributed by atoms with van der Waals surface area (Å²) in [5, 5.41) is 9.07. The fraction of sp³-hybridized carbons (Fsp3) is 0.400. The van der Waals surface area contributed by atoms with Crippen molar-refractivity contribution >= 4 is 39.4 Å². The van der Waals surface area contributed by atoms with Crippen LogP contribution in [0.2, 0.25) is 5.15 Å². The second-order valence-electron chi connectivity index (χ2n) is 4.09. The number of pyridine rings is 1. The standard InChI is InChI=1S/C10H11ClN2O4S2/c11-8-7(2-1-4-12-8)19(16,17)13-10(9(14)15)3-5-18-6-10/h1-2,4,13H,3,5-6H2,(H,14,15). The van der Waals surface area contributed by atoms with Crippen molar-refractivity contribution in [3.63, 3.8) is 0 Å². The predicted octanol–water partition coefficient (Wildman–Crippen LogP) is 0.974. The third kappa shape index (κ3) is 2.86. The number of halogens is 1. The van der Waals surface area contributed by atoms with Crippen LogP contribution in [0.5, 0.6) is 0 Å². The number of hydrogen-bond donors (Lipinski definition) is 2. The summed E-state index contributed by atoms with van der Waals surface area (Å²) in [5.41, 5.74) is -1.47. The SMILES string of the molecule is O=C(O)C1(NS(=O)(=O)c2cccnc2Cl)CCSC1. The molecule has 104 valence electrons. The van der Waals surface area contributed by atoms with E-state index < -0.39 is 21.5 Å². The molecule has 0 radical (unpaired) electrons. The van der Waals surface area contributed by atoms with Gasteiger partial charge in [-0.15, -0.1) is 0 Å². The van der Waals surface area contributed by atoms with Gasteiger partial charge in [-0.3, -0.25) is 4.79 Å². The van der Waals surface area contributed by atoms with Crippen molar-refractivity contribution in [3.05, 3.63) is 23.5 Å². The van der Waals surface area contributed by atoms with Crippen LogP contribution in [0.25, 0.3) is 0 Å². The van der Waals surface area contributed by atoms with Gasteiger partial charge in [-0.25, -0.2) is 13.4 Å². The highest BCUT2D eigenvalue weighted by Gasteiger charge is 2.45. The number of nitrogens with zero attached hydrogens (tertiary/aromatic N) is 1. The van der Waals surface area contributed by atoms with Gasteiger partial charge in [-0.2, -0.15) is 16.5 Å². The Labute approximate surface area is 119 Å². The van der Waals surface area contributed by atoms with E-state index in [2.05, 4.69) is 9.71 Å². The summed E-state index contributed by atoms with van der Waals surface area (Å²) in [5.74, 6) is -0.393. The summed E-state index contributed by atoms with van der Waals surface area (Å²) in [6.07, 6.45) is 1.60. The number of hydrogen-bond acceptors (Lipinski definition) is 5. The zero-order chi connectivity index (χ0) is 14.1. The van der Waals surface area contributed by atoms with Gasteiger partial charge >= 0.3 is 5.97 Å². The maximum Gasteiger partial charge on any atom is 0.325 e. The number of aromatic nitrogens is 1. The van der Waals surface area contributed by atoms with Gasteiger partial charge in [0.2, 0.25) is 10.0 Å². The van der Waals surface area contributed by atoms with Gasteiger partial charge in [0.05, 0.1) is 0 Å². The van der Waals surface area contributed by atoms with Crippen LogP contribution in [0.1, 0.15) is 6.42 Å². The number of thioether (sulfide) groups is 1. The first-order valence-corrected chi connectivity index (χ1v) is 8.35. The Hall–Kier alpha value is -0.830. The minimum atomic E-state index is -4.02. The maximum atomic E-state index is 12.2. The zero-order valence-electron chi connectivity index (χ0n) is 9.67. The third-order valence-corrected chi connectivity index (χ3v) is 5.95. The molecular formula is C10H11ClN2O4S2. The first-order valence-electron chi connectivity index (χ1n) is 5.33. The molecule has 1 unspecified atom stereocenters. The van der Waals surface area contributed by atoms with Gasteiger partial charge in [0.15, 0.2) is 0 Å². The Morgan fingerprint density at radius 1 is 1.58 bits per heavy atom. The highest BCUT2D eigenvalue weighted by Crippen LogP contribution is 2.30. The smallest absolute Gasteiger partial charge is 0.325 e. The first kappa shape index (κ1) is 14.6. The van der Waals surface area contributed by atoms with Crippen LogP contribution in [-0.2, 0) is 14.8 Å². The van der Waals surface area contributed by atoms with Gasteiger partial charge in [0.1, 0.15) is 15.6 Å². The highest BCUT2D eigenvalue weighted by atomic mass is 35.5. The van der Waals surface area contributed by atoms with E-state index in [4.69, 9.17) is 11.6 Å². The molecule has 1 aromatic rings. The molecule has 1 fully saturated rings. The second kappa shape index (κ2) is 5.28. The van der Waals surface area contributed by atoms with Crippen molar-refractivity contribution in [1.29, 1.82) is 0 Å². The second-order valence-corrected chi connectivity index (χ2v) is 7.20. The zero-order valence-corrected chi connectivity index (χ0v) is 12.1. The highest BCUT2D eigenvalue weighted by molar-refractivity contribution is 7.99. The number of rotatable bonds is 4. The molecule has 0 amide bonds. The average molecular weight is 323 g/mol. The molecule has 2 N–H and O–H groups in total. The molecular weight excluding hydrogens is 312 g/mol. The van der Waals surface area contributed by atoms with Crippen LogP contribution < -0.4 is 4.72 Å². The Morgan fingerprint density at radius 3 is 2.84 bits per heavy atom. The van der Waals surface area contributed by atoms with E-state index in [0.29, 0.717) is 5.75 Å². The molecule has 1 aliphatic rings. The molecule has 0 saturated carbocycles. The van der Waals surface area contributed by atoms with Gasteiger partial charge < -0.3 is 5.11 Å². The molecule has 2 rings (SSSR count). The number of carboxylic acids is 1. The monoisotopic (exact) mass is 322 g/mol. The van der Waals surface area contributed by atoms with Crippen LogP contribution in [-0.4, -0.2) is 41.5 Å². The molecule has 0 spiro atoms. The fourth-order valence-electron chi connectivity index (χ4n) is 1.74. The van der Waals surface area contributed by atoms with Crippen molar-refractivity contribution in [1.82, 2.24) is 9.71 Å². The Morgan fingerprint density at radius 2 is 2.32 bits per heavy atom. The minimum Gasteiger partial charge on any atom is -0.480 e. The maximum absolute atomic E-state index is 12.2. The summed E-state index contributed by atoms with van der Waals surface area (Å²) < 4.78 is 26.7. The third-order valence-electron chi connectivity index (χ3n) is 2.78. The van der Waals surface area contributed by atoms with Gasteiger partial charge in [-0.05, 0) is 24.3 Å². The van der Waals surface area contributed by atoms with Crippen LogP contribution in [0.4, 0.5) is 0 Å². The molecule has 0 aromatic carbocycles. The van der Waals surface area contributed by atoms with Crippen molar-refractivity contribution in [3.8, 4) is 0 Å². The first-order chi connectivity index (χ1) is 8.87. The van der Waals surface area contributed by atoms with Crippen molar-refractivity contribution < 1.29 is 18.3 Å². The molecule has 1 aromatic heterocycles. The van der Waals surface area contributed by atoms with E-state index in [1.54, 1.807) is 0 Å². The fourth-order valence-corrected chi connectivity index (χ4v) is 5.00. The molecule has 9 heteroatoms. The molecule has 1 atom stereocenters. The normalized spacial score (nSPS) is 23.4. The largest absolute Gasteiger partial charge is 0.480 e. The molecule has 1 aliphatic heterocycles. The lowest BCUT2D eigenvalue weighted by Crippen LogP contribution is -2.54. The average Bonchev–Trinajstić information content (AvgIpc) is 2.78. The lowest BCUT2D eigenvalue weighted by Gasteiger charge is -2.24. The minimum absolute atomic E-state index is 0.179. The number of sulfonamides is 1. The van der Waals surface area contributed by atoms with Crippen LogP contribution in [0, 0.1) is 0 Å².